The van der Waals surface area contributed by atoms with E-state index in [1.54, 1.807) is 12.4 Å². The molecule has 0 unspecified atom stereocenters. The third kappa shape index (κ3) is 2.50. The highest BCUT2D eigenvalue weighted by molar-refractivity contribution is 5.71. The summed E-state index contributed by atoms with van der Waals surface area (Å²) in [7, 11) is 0. The molecule has 5 nitrogen and oxygen atoms in total. The number of hydrogen-bond acceptors (Lipinski definition) is 5. The van der Waals surface area contributed by atoms with Gasteiger partial charge < -0.3 is 10.6 Å². The van der Waals surface area contributed by atoms with Gasteiger partial charge in [0, 0.05) is 31.5 Å². The number of anilines is 1. The van der Waals surface area contributed by atoms with Gasteiger partial charge >= 0.3 is 0 Å². The minimum atomic E-state index is 0.361. The van der Waals surface area contributed by atoms with Gasteiger partial charge in [0.1, 0.15) is 11.3 Å². The first-order chi connectivity index (χ1) is 8.22. The molecule has 0 amide bonds. The Kier molecular flexibility index (Phi) is 3.49. The van der Waals surface area contributed by atoms with Crippen molar-refractivity contribution in [3.05, 3.63) is 24.5 Å². The molecule has 2 aromatic rings. The summed E-state index contributed by atoms with van der Waals surface area (Å²) in [5.41, 5.74) is 7.11. The number of aromatic nitrogens is 3. The Labute approximate surface area is 101 Å². The van der Waals surface area contributed by atoms with Crippen molar-refractivity contribution in [3.8, 4) is 0 Å². The largest absolute Gasteiger partial charge is 0.353 e. The Hall–Kier alpha value is -1.75. The van der Waals surface area contributed by atoms with E-state index in [4.69, 9.17) is 5.73 Å². The van der Waals surface area contributed by atoms with Crippen LogP contribution in [0.4, 0.5) is 5.82 Å². The Morgan fingerprint density at radius 3 is 2.71 bits per heavy atom. The fraction of sp³-hybridized carbons (Fsp3) is 0.417. The average Bonchev–Trinajstić information content (AvgIpc) is 2.35. The van der Waals surface area contributed by atoms with Crippen LogP contribution in [0.25, 0.3) is 11.2 Å². The zero-order chi connectivity index (χ0) is 12.3. The summed E-state index contributed by atoms with van der Waals surface area (Å²) in [5.74, 6) is 0.901. The molecule has 0 atom stereocenters. The van der Waals surface area contributed by atoms with Gasteiger partial charge in [0.05, 0.1) is 0 Å². The van der Waals surface area contributed by atoms with Crippen LogP contribution in [0.3, 0.4) is 0 Å². The van der Waals surface area contributed by atoms with Crippen LogP contribution in [-0.4, -0.2) is 34.1 Å². The predicted molar refractivity (Wildman–Crippen MR) is 68.9 cm³/mol. The lowest BCUT2D eigenvalue weighted by Crippen LogP contribution is -2.35. The number of rotatable bonds is 4. The number of fused-ring (bicyclic) bond motifs is 1. The Morgan fingerprint density at radius 2 is 2.00 bits per heavy atom. The molecule has 0 aliphatic heterocycles. The van der Waals surface area contributed by atoms with E-state index in [0.29, 0.717) is 18.2 Å². The van der Waals surface area contributed by atoms with Crippen LogP contribution in [0.15, 0.2) is 24.5 Å². The average molecular weight is 231 g/mol. The second-order valence-electron chi connectivity index (χ2n) is 4.14. The lowest BCUT2D eigenvalue weighted by atomic mass is 10.3. The number of nitrogens with zero attached hydrogens (tertiary/aromatic N) is 4. The van der Waals surface area contributed by atoms with Gasteiger partial charge in [0.15, 0.2) is 5.65 Å². The van der Waals surface area contributed by atoms with Crippen LogP contribution in [0.2, 0.25) is 0 Å². The minimum Gasteiger partial charge on any atom is -0.353 e. The predicted octanol–water partition coefficient (Wildman–Crippen LogP) is 1.20. The molecule has 0 bridgehead atoms. The van der Waals surface area contributed by atoms with Crippen molar-refractivity contribution >= 4 is 17.0 Å². The summed E-state index contributed by atoms with van der Waals surface area (Å²) in [6, 6.07) is 4.27. The molecule has 0 aliphatic carbocycles. The summed E-state index contributed by atoms with van der Waals surface area (Å²) < 4.78 is 0. The maximum absolute atomic E-state index is 5.62. The van der Waals surface area contributed by atoms with Gasteiger partial charge in [0.25, 0.3) is 0 Å². The molecule has 2 heterocycles. The molecule has 2 rings (SSSR count). The SMILES string of the molecule is CC(C)N(CCN)c1ccc2nccnc2n1. The van der Waals surface area contributed by atoms with E-state index in [1.165, 1.54) is 0 Å². The van der Waals surface area contributed by atoms with E-state index in [-0.39, 0.29) is 0 Å². The smallest absolute Gasteiger partial charge is 0.180 e. The van der Waals surface area contributed by atoms with Crippen molar-refractivity contribution in [2.24, 2.45) is 5.73 Å². The van der Waals surface area contributed by atoms with Gasteiger partial charge in [0.2, 0.25) is 0 Å². The lowest BCUT2D eigenvalue weighted by Gasteiger charge is -2.27. The lowest BCUT2D eigenvalue weighted by molar-refractivity contribution is 0.676. The molecule has 0 saturated heterocycles. The van der Waals surface area contributed by atoms with Crippen LogP contribution >= 0.6 is 0 Å². The van der Waals surface area contributed by atoms with Gasteiger partial charge in [-0.25, -0.2) is 9.97 Å². The number of pyridine rings is 1. The van der Waals surface area contributed by atoms with E-state index >= 15 is 0 Å². The van der Waals surface area contributed by atoms with Crippen molar-refractivity contribution < 1.29 is 0 Å². The summed E-state index contributed by atoms with van der Waals surface area (Å²) in [6.45, 7) is 5.64. The molecule has 0 aliphatic rings. The molecule has 0 fully saturated rings. The molecule has 0 saturated carbocycles. The highest BCUT2D eigenvalue weighted by atomic mass is 15.2. The van der Waals surface area contributed by atoms with Gasteiger partial charge in [-0.3, -0.25) is 4.98 Å². The van der Waals surface area contributed by atoms with E-state index in [0.717, 1.165) is 17.9 Å². The zero-order valence-corrected chi connectivity index (χ0v) is 10.2. The third-order valence-electron chi connectivity index (χ3n) is 2.60. The van der Waals surface area contributed by atoms with Crippen LogP contribution in [0.1, 0.15) is 13.8 Å². The monoisotopic (exact) mass is 231 g/mol. The van der Waals surface area contributed by atoms with Crippen LogP contribution in [0.5, 0.6) is 0 Å². The van der Waals surface area contributed by atoms with Crippen LogP contribution in [-0.2, 0) is 0 Å². The van der Waals surface area contributed by atoms with Crippen molar-refractivity contribution in [1.82, 2.24) is 15.0 Å². The van der Waals surface area contributed by atoms with Crippen molar-refractivity contribution in [1.29, 1.82) is 0 Å². The van der Waals surface area contributed by atoms with Crippen molar-refractivity contribution in [2.75, 3.05) is 18.0 Å². The summed E-state index contributed by atoms with van der Waals surface area (Å²) in [5, 5.41) is 0. The van der Waals surface area contributed by atoms with Crippen molar-refractivity contribution in [2.45, 2.75) is 19.9 Å². The van der Waals surface area contributed by atoms with Crippen molar-refractivity contribution in [3.63, 3.8) is 0 Å². The van der Waals surface area contributed by atoms with Gasteiger partial charge in [-0.15, -0.1) is 0 Å². The third-order valence-corrected chi connectivity index (χ3v) is 2.60. The number of nitrogens with two attached hydrogens (primary N) is 1. The van der Waals surface area contributed by atoms with E-state index < -0.39 is 0 Å². The highest BCUT2D eigenvalue weighted by Gasteiger charge is 2.11. The minimum absolute atomic E-state index is 0.361. The molecule has 17 heavy (non-hydrogen) atoms. The first-order valence-electron chi connectivity index (χ1n) is 5.77. The standard InChI is InChI=1S/C12H17N5/c1-9(2)17(8-5-13)11-4-3-10-12(16-11)15-7-6-14-10/h3-4,6-7,9H,5,8,13H2,1-2H3. The first kappa shape index (κ1) is 11.7. The second kappa shape index (κ2) is 5.05. The molecule has 90 valence electrons. The van der Waals surface area contributed by atoms with Crippen LogP contribution < -0.4 is 10.6 Å². The topological polar surface area (TPSA) is 67.9 Å². The van der Waals surface area contributed by atoms with E-state index in [9.17, 15) is 0 Å². The molecular formula is C12H17N5. The normalized spacial score (nSPS) is 11.1. The number of hydrogen-bond donors (Lipinski definition) is 1. The summed E-state index contributed by atoms with van der Waals surface area (Å²) in [6.07, 6.45) is 3.32. The van der Waals surface area contributed by atoms with Gasteiger partial charge in [-0.2, -0.15) is 0 Å². The molecule has 0 spiro atoms. The molecule has 0 aromatic carbocycles. The zero-order valence-electron chi connectivity index (χ0n) is 10.2. The van der Waals surface area contributed by atoms with E-state index in [2.05, 4.69) is 33.7 Å². The maximum Gasteiger partial charge on any atom is 0.180 e. The quantitative estimate of drug-likeness (QED) is 0.856. The highest BCUT2D eigenvalue weighted by Crippen LogP contribution is 2.16. The molecule has 2 aromatic heterocycles. The fourth-order valence-corrected chi connectivity index (χ4v) is 1.78. The van der Waals surface area contributed by atoms with E-state index in [1.807, 2.05) is 12.1 Å². The fourth-order valence-electron chi connectivity index (χ4n) is 1.78. The molecular weight excluding hydrogens is 214 g/mol. The summed E-state index contributed by atoms with van der Waals surface area (Å²) in [4.78, 5) is 15.1. The Balaban J connectivity index is 2.40. The molecule has 2 N–H and O–H groups in total. The molecule has 5 heteroatoms. The Morgan fingerprint density at radius 1 is 1.24 bits per heavy atom. The van der Waals surface area contributed by atoms with Crippen LogP contribution in [0, 0.1) is 0 Å². The van der Waals surface area contributed by atoms with Gasteiger partial charge in [-0.05, 0) is 26.0 Å². The first-order valence-corrected chi connectivity index (χ1v) is 5.77. The second-order valence-corrected chi connectivity index (χ2v) is 4.14. The van der Waals surface area contributed by atoms with Gasteiger partial charge in [-0.1, -0.05) is 0 Å². The Bertz CT molecular complexity index is 497. The molecule has 0 radical (unpaired) electrons. The summed E-state index contributed by atoms with van der Waals surface area (Å²) >= 11 is 0. The maximum atomic E-state index is 5.62.